The average Bonchev–Trinajstić information content (AvgIpc) is 2.35. The third kappa shape index (κ3) is 1.20. The summed E-state index contributed by atoms with van der Waals surface area (Å²) < 4.78 is 6.22. The molecule has 2 heteroatoms. The standard InChI is InChI=1S/C13H23ClO/c1-10(2)8-13(12(5,6)15-10)9(7-14)11(13,3)4/h9H,7-8H2,1-6H3. The molecule has 2 rings (SSSR count). The van der Waals surface area contributed by atoms with Crippen LogP contribution in [0.4, 0.5) is 0 Å². The van der Waals surface area contributed by atoms with Crippen molar-refractivity contribution in [3.05, 3.63) is 0 Å². The van der Waals surface area contributed by atoms with Crippen LogP contribution in [0.3, 0.4) is 0 Å². The van der Waals surface area contributed by atoms with Crippen molar-refractivity contribution < 1.29 is 4.74 Å². The van der Waals surface area contributed by atoms with Gasteiger partial charge in [0.1, 0.15) is 0 Å². The monoisotopic (exact) mass is 230 g/mol. The summed E-state index contributed by atoms with van der Waals surface area (Å²) in [6, 6.07) is 0. The van der Waals surface area contributed by atoms with Crippen molar-refractivity contribution in [1.82, 2.24) is 0 Å². The van der Waals surface area contributed by atoms with E-state index in [4.69, 9.17) is 16.3 Å². The van der Waals surface area contributed by atoms with Crippen LogP contribution in [0.25, 0.3) is 0 Å². The lowest BCUT2D eigenvalue weighted by atomic mass is 9.78. The predicted octanol–water partition coefficient (Wildman–Crippen LogP) is 3.85. The number of hydrogen-bond acceptors (Lipinski definition) is 1. The molecule has 2 atom stereocenters. The molecule has 0 N–H and O–H groups in total. The normalized spacial score (nSPS) is 44.6. The zero-order valence-electron chi connectivity index (χ0n) is 10.8. The smallest absolute Gasteiger partial charge is 0.0699 e. The second-order valence-electron chi connectivity index (χ2n) is 6.95. The van der Waals surface area contributed by atoms with E-state index in [1.165, 1.54) is 0 Å². The number of rotatable bonds is 1. The fraction of sp³-hybridized carbons (Fsp3) is 1.00. The summed E-state index contributed by atoms with van der Waals surface area (Å²) in [4.78, 5) is 0. The van der Waals surface area contributed by atoms with Crippen LogP contribution < -0.4 is 0 Å². The van der Waals surface area contributed by atoms with Gasteiger partial charge in [-0.25, -0.2) is 0 Å². The van der Waals surface area contributed by atoms with Gasteiger partial charge < -0.3 is 4.74 Å². The predicted molar refractivity (Wildman–Crippen MR) is 64.3 cm³/mol. The first kappa shape index (κ1) is 11.7. The number of halogens is 1. The van der Waals surface area contributed by atoms with Crippen LogP contribution in [-0.4, -0.2) is 17.1 Å². The fourth-order valence-electron chi connectivity index (χ4n) is 4.54. The molecule has 15 heavy (non-hydrogen) atoms. The Labute approximate surface area is 98.5 Å². The Balaban J connectivity index is 2.39. The average molecular weight is 231 g/mol. The minimum atomic E-state index is -0.0421. The van der Waals surface area contributed by atoms with Gasteiger partial charge >= 0.3 is 0 Å². The van der Waals surface area contributed by atoms with Gasteiger partial charge in [0.15, 0.2) is 0 Å². The molecule has 2 unspecified atom stereocenters. The van der Waals surface area contributed by atoms with Crippen LogP contribution in [0.5, 0.6) is 0 Å². The Bertz CT molecular complexity index is 293. The molecule has 1 saturated carbocycles. The summed E-state index contributed by atoms with van der Waals surface area (Å²) in [6.07, 6.45) is 1.14. The van der Waals surface area contributed by atoms with Crippen LogP contribution in [0, 0.1) is 16.7 Å². The molecule has 2 fully saturated rings. The zero-order valence-corrected chi connectivity index (χ0v) is 11.5. The van der Waals surface area contributed by atoms with Crippen molar-refractivity contribution in [2.45, 2.75) is 59.2 Å². The van der Waals surface area contributed by atoms with Crippen molar-refractivity contribution in [2.24, 2.45) is 16.7 Å². The van der Waals surface area contributed by atoms with Crippen LogP contribution in [0.1, 0.15) is 48.0 Å². The van der Waals surface area contributed by atoms with Crippen molar-refractivity contribution >= 4 is 11.6 Å². The molecule has 0 amide bonds. The lowest BCUT2D eigenvalue weighted by Crippen LogP contribution is -2.33. The van der Waals surface area contributed by atoms with Gasteiger partial charge in [0.2, 0.25) is 0 Å². The molecule has 0 bridgehead atoms. The molecule has 0 aromatic heterocycles. The SMILES string of the molecule is CC1(C)CC2(C(CCl)C2(C)C)C(C)(C)O1. The van der Waals surface area contributed by atoms with Crippen LogP contribution >= 0.6 is 11.6 Å². The first-order valence-corrected chi connectivity index (χ1v) is 6.40. The molecule has 1 saturated heterocycles. The van der Waals surface area contributed by atoms with E-state index in [1.54, 1.807) is 0 Å². The summed E-state index contributed by atoms with van der Waals surface area (Å²) in [5.41, 5.74) is 0.568. The van der Waals surface area contributed by atoms with Crippen LogP contribution in [0.2, 0.25) is 0 Å². The van der Waals surface area contributed by atoms with Gasteiger partial charge in [-0.15, -0.1) is 11.6 Å². The highest BCUT2D eigenvalue weighted by molar-refractivity contribution is 6.18. The van der Waals surface area contributed by atoms with Crippen molar-refractivity contribution in [3.63, 3.8) is 0 Å². The fourth-order valence-corrected chi connectivity index (χ4v) is 5.19. The molecule has 2 aliphatic rings. The van der Waals surface area contributed by atoms with Crippen molar-refractivity contribution in [2.75, 3.05) is 5.88 Å². The largest absolute Gasteiger partial charge is 0.369 e. The number of hydrogen-bond donors (Lipinski definition) is 0. The van der Waals surface area contributed by atoms with E-state index in [0.717, 1.165) is 12.3 Å². The number of ether oxygens (including phenoxy) is 1. The topological polar surface area (TPSA) is 9.23 Å². The quantitative estimate of drug-likeness (QED) is 0.622. The van der Waals surface area contributed by atoms with E-state index in [0.29, 0.717) is 11.3 Å². The molecule has 0 aromatic carbocycles. The van der Waals surface area contributed by atoms with E-state index in [2.05, 4.69) is 41.5 Å². The summed E-state index contributed by atoms with van der Waals surface area (Å²) in [5, 5.41) is 0. The zero-order chi connectivity index (χ0) is 11.7. The summed E-state index contributed by atoms with van der Waals surface area (Å²) >= 11 is 6.12. The Morgan fingerprint density at radius 1 is 1.13 bits per heavy atom. The lowest BCUT2D eigenvalue weighted by molar-refractivity contribution is -0.0830. The molecule has 1 spiro atoms. The lowest BCUT2D eigenvalue weighted by Gasteiger charge is -2.30. The van der Waals surface area contributed by atoms with Gasteiger partial charge in [-0.3, -0.25) is 0 Å². The van der Waals surface area contributed by atoms with Gasteiger partial charge in [-0.2, -0.15) is 0 Å². The third-order valence-electron chi connectivity index (χ3n) is 5.00. The number of alkyl halides is 1. The molecular weight excluding hydrogens is 208 g/mol. The molecule has 1 nitrogen and oxygen atoms in total. The molecule has 88 valence electrons. The maximum Gasteiger partial charge on any atom is 0.0699 e. The van der Waals surface area contributed by atoms with Gasteiger partial charge in [0.05, 0.1) is 11.2 Å². The minimum absolute atomic E-state index is 0.00157. The first-order chi connectivity index (χ1) is 6.61. The third-order valence-corrected chi connectivity index (χ3v) is 5.31. The van der Waals surface area contributed by atoms with Gasteiger partial charge in [-0.1, -0.05) is 13.8 Å². The summed E-state index contributed by atoms with van der Waals surface area (Å²) in [5.74, 6) is 1.36. The highest BCUT2D eigenvalue weighted by Gasteiger charge is 2.80. The molecule has 0 aromatic rings. The first-order valence-electron chi connectivity index (χ1n) is 5.87. The Morgan fingerprint density at radius 3 is 1.93 bits per heavy atom. The molecular formula is C13H23ClO. The van der Waals surface area contributed by atoms with Crippen molar-refractivity contribution in [1.29, 1.82) is 0 Å². The van der Waals surface area contributed by atoms with Crippen LogP contribution in [-0.2, 0) is 4.74 Å². The molecule has 1 aliphatic heterocycles. The highest BCUT2D eigenvalue weighted by Crippen LogP contribution is 2.80. The van der Waals surface area contributed by atoms with Crippen LogP contribution in [0.15, 0.2) is 0 Å². The van der Waals surface area contributed by atoms with E-state index >= 15 is 0 Å². The molecule has 0 radical (unpaired) electrons. The Kier molecular flexibility index (Phi) is 2.14. The highest BCUT2D eigenvalue weighted by atomic mass is 35.5. The van der Waals surface area contributed by atoms with Gasteiger partial charge in [-0.05, 0) is 45.4 Å². The van der Waals surface area contributed by atoms with Gasteiger partial charge in [0, 0.05) is 11.3 Å². The maximum absolute atomic E-state index is 6.22. The Hall–Kier alpha value is 0.250. The maximum atomic E-state index is 6.22. The van der Waals surface area contributed by atoms with E-state index in [9.17, 15) is 0 Å². The summed E-state index contributed by atoms with van der Waals surface area (Å²) in [7, 11) is 0. The second kappa shape index (κ2) is 2.73. The van der Waals surface area contributed by atoms with E-state index in [1.807, 2.05) is 0 Å². The Morgan fingerprint density at radius 2 is 1.67 bits per heavy atom. The van der Waals surface area contributed by atoms with Gasteiger partial charge in [0.25, 0.3) is 0 Å². The van der Waals surface area contributed by atoms with Crippen molar-refractivity contribution in [3.8, 4) is 0 Å². The summed E-state index contributed by atoms with van der Waals surface area (Å²) in [6.45, 7) is 13.5. The molecule has 1 aliphatic carbocycles. The van der Waals surface area contributed by atoms with E-state index in [-0.39, 0.29) is 16.6 Å². The van der Waals surface area contributed by atoms with E-state index < -0.39 is 0 Å². The second-order valence-corrected chi connectivity index (χ2v) is 7.26. The molecule has 1 heterocycles. The minimum Gasteiger partial charge on any atom is -0.369 e.